The fourth-order valence-corrected chi connectivity index (χ4v) is 1.95. The van der Waals surface area contributed by atoms with Gasteiger partial charge in [-0.05, 0) is 44.9 Å². The number of pyridine rings is 1. The number of rotatable bonds is 2. The van der Waals surface area contributed by atoms with Gasteiger partial charge in [0.05, 0.1) is 5.54 Å². The third kappa shape index (κ3) is 2.39. The molecule has 0 spiro atoms. The molecule has 2 rings (SSSR count). The van der Waals surface area contributed by atoms with Crippen molar-refractivity contribution >= 4 is 11.6 Å². The standard InChI is InChI=1S/C12H17N3O/c1-12(6-2-3-7-14-12)11(16)15-10-4-8-13-9-5-10/h4-5,8-9,14H,2-3,6-7H2,1H3,(H,13,15,16). The molecule has 0 saturated carbocycles. The Hall–Kier alpha value is -1.42. The molecule has 1 unspecified atom stereocenters. The Morgan fingerprint density at radius 3 is 2.81 bits per heavy atom. The topological polar surface area (TPSA) is 54.0 Å². The van der Waals surface area contributed by atoms with Crippen LogP contribution in [0.1, 0.15) is 26.2 Å². The first-order chi connectivity index (χ1) is 7.71. The molecule has 1 aromatic heterocycles. The first-order valence-electron chi connectivity index (χ1n) is 5.67. The lowest BCUT2D eigenvalue weighted by atomic mass is 9.90. The third-order valence-corrected chi connectivity index (χ3v) is 3.06. The van der Waals surface area contributed by atoms with E-state index in [0.29, 0.717) is 0 Å². The molecule has 2 N–H and O–H groups in total. The molecule has 1 amide bonds. The predicted molar refractivity (Wildman–Crippen MR) is 63.1 cm³/mol. The van der Waals surface area contributed by atoms with Crippen molar-refractivity contribution in [2.24, 2.45) is 0 Å². The van der Waals surface area contributed by atoms with Gasteiger partial charge in [0, 0.05) is 18.1 Å². The quantitative estimate of drug-likeness (QED) is 0.793. The maximum absolute atomic E-state index is 12.1. The van der Waals surface area contributed by atoms with E-state index in [-0.39, 0.29) is 5.91 Å². The fraction of sp³-hybridized carbons (Fsp3) is 0.500. The summed E-state index contributed by atoms with van der Waals surface area (Å²) >= 11 is 0. The summed E-state index contributed by atoms with van der Waals surface area (Å²) in [4.78, 5) is 16.0. The summed E-state index contributed by atoms with van der Waals surface area (Å²) in [6.45, 7) is 2.88. The average molecular weight is 219 g/mol. The van der Waals surface area contributed by atoms with Crippen LogP contribution in [0.3, 0.4) is 0 Å². The Labute approximate surface area is 95.5 Å². The number of aromatic nitrogens is 1. The van der Waals surface area contributed by atoms with Crippen LogP contribution in [0.25, 0.3) is 0 Å². The number of hydrogen-bond donors (Lipinski definition) is 2. The van der Waals surface area contributed by atoms with Crippen LogP contribution in [0.15, 0.2) is 24.5 Å². The van der Waals surface area contributed by atoms with Gasteiger partial charge in [-0.2, -0.15) is 0 Å². The van der Waals surface area contributed by atoms with Crippen LogP contribution in [-0.4, -0.2) is 23.0 Å². The molecule has 1 saturated heterocycles. The number of amides is 1. The molecule has 16 heavy (non-hydrogen) atoms. The van der Waals surface area contributed by atoms with Crippen LogP contribution in [-0.2, 0) is 4.79 Å². The highest BCUT2D eigenvalue weighted by molar-refractivity contribution is 5.97. The molecule has 1 fully saturated rings. The zero-order valence-electron chi connectivity index (χ0n) is 9.49. The average Bonchev–Trinajstić information content (AvgIpc) is 2.31. The van der Waals surface area contributed by atoms with Crippen molar-refractivity contribution < 1.29 is 4.79 Å². The number of anilines is 1. The molecule has 1 aliphatic heterocycles. The maximum atomic E-state index is 12.1. The van der Waals surface area contributed by atoms with Crippen LogP contribution in [0.4, 0.5) is 5.69 Å². The van der Waals surface area contributed by atoms with Crippen LogP contribution in [0, 0.1) is 0 Å². The molecule has 1 atom stereocenters. The molecule has 0 aromatic carbocycles. The van der Waals surface area contributed by atoms with Crippen LogP contribution in [0.2, 0.25) is 0 Å². The molecular weight excluding hydrogens is 202 g/mol. The van der Waals surface area contributed by atoms with E-state index in [9.17, 15) is 4.79 Å². The first kappa shape index (κ1) is 11.1. The SMILES string of the molecule is CC1(C(=O)Nc2ccncc2)CCCCN1. The molecule has 4 heteroatoms. The Morgan fingerprint density at radius 2 is 2.19 bits per heavy atom. The van der Waals surface area contributed by atoms with E-state index < -0.39 is 5.54 Å². The number of nitrogens with zero attached hydrogens (tertiary/aromatic N) is 1. The van der Waals surface area contributed by atoms with E-state index in [1.807, 2.05) is 6.92 Å². The zero-order chi connectivity index (χ0) is 11.4. The number of hydrogen-bond acceptors (Lipinski definition) is 3. The second kappa shape index (κ2) is 4.61. The number of nitrogens with one attached hydrogen (secondary N) is 2. The summed E-state index contributed by atoms with van der Waals surface area (Å²) in [6, 6.07) is 3.59. The van der Waals surface area contributed by atoms with E-state index in [4.69, 9.17) is 0 Å². The lowest BCUT2D eigenvalue weighted by molar-refractivity contribution is -0.122. The lowest BCUT2D eigenvalue weighted by Gasteiger charge is -2.33. The molecule has 0 aliphatic carbocycles. The number of piperidine rings is 1. The summed E-state index contributed by atoms with van der Waals surface area (Å²) in [5.74, 6) is 0.0402. The largest absolute Gasteiger partial charge is 0.324 e. The van der Waals surface area contributed by atoms with Gasteiger partial charge in [-0.15, -0.1) is 0 Å². The van der Waals surface area contributed by atoms with E-state index >= 15 is 0 Å². The highest BCUT2D eigenvalue weighted by Crippen LogP contribution is 2.20. The van der Waals surface area contributed by atoms with E-state index in [2.05, 4.69) is 15.6 Å². The molecule has 0 radical (unpaired) electrons. The summed E-state index contributed by atoms with van der Waals surface area (Å²) < 4.78 is 0. The van der Waals surface area contributed by atoms with Crippen LogP contribution in [0.5, 0.6) is 0 Å². The number of carbonyl (C=O) groups is 1. The summed E-state index contributed by atoms with van der Waals surface area (Å²) in [6.07, 6.45) is 6.49. The third-order valence-electron chi connectivity index (χ3n) is 3.06. The summed E-state index contributed by atoms with van der Waals surface area (Å²) in [5.41, 5.74) is 0.371. The van der Waals surface area contributed by atoms with E-state index in [1.165, 1.54) is 0 Å². The molecule has 1 aromatic rings. The fourth-order valence-electron chi connectivity index (χ4n) is 1.95. The van der Waals surface area contributed by atoms with Crippen LogP contribution >= 0.6 is 0 Å². The molecule has 2 heterocycles. The predicted octanol–water partition coefficient (Wildman–Crippen LogP) is 1.55. The van der Waals surface area contributed by atoms with Gasteiger partial charge in [-0.1, -0.05) is 0 Å². The van der Waals surface area contributed by atoms with E-state index in [0.717, 1.165) is 31.5 Å². The Kier molecular flexibility index (Phi) is 3.19. The lowest BCUT2D eigenvalue weighted by Crippen LogP contribution is -2.54. The second-order valence-corrected chi connectivity index (χ2v) is 4.41. The Balaban J connectivity index is 2.02. The minimum atomic E-state index is -0.429. The number of carbonyl (C=O) groups excluding carboxylic acids is 1. The van der Waals surface area contributed by atoms with Crippen molar-refractivity contribution in [1.29, 1.82) is 0 Å². The van der Waals surface area contributed by atoms with Crippen molar-refractivity contribution in [3.05, 3.63) is 24.5 Å². The summed E-state index contributed by atoms with van der Waals surface area (Å²) in [7, 11) is 0. The minimum Gasteiger partial charge on any atom is -0.324 e. The molecule has 86 valence electrons. The van der Waals surface area contributed by atoms with Gasteiger partial charge < -0.3 is 10.6 Å². The Morgan fingerprint density at radius 1 is 1.44 bits per heavy atom. The van der Waals surface area contributed by atoms with Crippen molar-refractivity contribution in [3.8, 4) is 0 Å². The van der Waals surface area contributed by atoms with Crippen molar-refractivity contribution in [2.75, 3.05) is 11.9 Å². The Bertz CT molecular complexity index is 358. The van der Waals surface area contributed by atoms with Gasteiger partial charge in [0.2, 0.25) is 5.91 Å². The normalized spacial score (nSPS) is 25.1. The van der Waals surface area contributed by atoms with Crippen molar-refractivity contribution in [1.82, 2.24) is 10.3 Å². The first-order valence-corrected chi connectivity index (χ1v) is 5.67. The smallest absolute Gasteiger partial charge is 0.244 e. The van der Waals surface area contributed by atoms with Gasteiger partial charge in [0.25, 0.3) is 0 Å². The van der Waals surface area contributed by atoms with Gasteiger partial charge >= 0.3 is 0 Å². The van der Waals surface area contributed by atoms with Crippen molar-refractivity contribution in [2.45, 2.75) is 31.7 Å². The van der Waals surface area contributed by atoms with Gasteiger partial charge in [-0.25, -0.2) is 0 Å². The highest BCUT2D eigenvalue weighted by Gasteiger charge is 2.34. The van der Waals surface area contributed by atoms with Gasteiger partial charge in [0.1, 0.15) is 0 Å². The van der Waals surface area contributed by atoms with Crippen molar-refractivity contribution in [3.63, 3.8) is 0 Å². The van der Waals surface area contributed by atoms with Crippen LogP contribution < -0.4 is 10.6 Å². The molecule has 1 aliphatic rings. The van der Waals surface area contributed by atoms with Gasteiger partial charge in [0.15, 0.2) is 0 Å². The highest BCUT2D eigenvalue weighted by atomic mass is 16.2. The molecular formula is C12H17N3O. The zero-order valence-corrected chi connectivity index (χ0v) is 9.49. The molecule has 4 nitrogen and oxygen atoms in total. The second-order valence-electron chi connectivity index (χ2n) is 4.41. The maximum Gasteiger partial charge on any atom is 0.244 e. The van der Waals surface area contributed by atoms with E-state index in [1.54, 1.807) is 24.5 Å². The summed E-state index contributed by atoms with van der Waals surface area (Å²) in [5, 5.41) is 6.20. The monoisotopic (exact) mass is 219 g/mol. The minimum absolute atomic E-state index is 0.0402. The molecule has 0 bridgehead atoms. The van der Waals surface area contributed by atoms with Gasteiger partial charge in [-0.3, -0.25) is 9.78 Å².